The molecule has 1 amide bonds. The van der Waals surface area contributed by atoms with Crippen LogP contribution in [0.15, 0.2) is 0 Å². The van der Waals surface area contributed by atoms with Crippen molar-refractivity contribution in [1.82, 2.24) is 5.32 Å². The molecule has 0 bridgehead atoms. The molecule has 5 nitrogen and oxygen atoms in total. The number of hydrogen-bond acceptors (Lipinski definition) is 3. The van der Waals surface area contributed by atoms with E-state index in [4.69, 9.17) is 10.8 Å². The van der Waals surface area contributed by atoms with Gasteiger partial charge in [0.25, 0.3) is 0 Å². The monoisotopic (exact) mass is 216 g/mol. The third kappa shape index (κ3) is 7.93. The van der Waals surface area contributed by atoms with Gasteiger partial charge in [0.05, 0.1) is 6.04 Å². The third-order valence-corrected chi connectivity index (χ3v) is 1.93. The maximum atomic E-state index is 11.3. The molecule has 0 fully saturated rings. The van der Waals surface area contributed by atoms with Crippen LogP contribution in [-0.2, 0) is 9.59 Å². The molecular formula is C10H20N2O3. The number of carbonyl (C=O) groups is 2. The zero-order valence-corrected chi connectivity index (χ0v) is 9.32. The van der Waals surface area contributed by atoms with Crippen molar-refractivity contribution in [3.63, 3.8) is 0 Å². The first kappa shape index (κ1) is 13.9. The number of nitrogens with two attached hydrogens (primary N) is 1. The predicted octanol–water partition coefficient (Wildman–Crippen LogP) is 0.341. The van der Waals surface area contributed by atoms with Gasteiger partial charge < -0.3 is 16.2 Å². The first-order valence-electron chi connectivity index (χ1n) is 5.18. The average molecular weight is 216 g/mol. The molecule has 0 saturated carbocycles. The number of nitrogens with one attached hydrogen (secondary N) is 1. The second-order valence-electron chi connectivity index (χ2n) is 4.02. The Morgan fingerprint density at radius 3 is 2.47 bits per heavy atom. The largest absolute Gasteiger partial charge is 0.481 e. The zero-order chi connectivity index (χ0) is 11.8. The molecule has 4 N–H and O–H groups in total. The number of carboxylic acids is 1. The molecule has 0 aromatic rings. The van der Waals surface area contributed by atoms with Gasteiger partial charge in [-0.25, -0.2) is 0 Å². The number of hydrogen-bond donors (Lipinski definition) is 3. The van der Waals surface area contributed by atoms with Crippen molar-refractivity contribution in [2.75, 3.05) is 6.54 Å². The van der Waals surface area contributed by atoms with Crippen LogP contribution in [0.1, 0.15) is 33.1 Å². The van der Waals surface area contributed by atoms with Gasteiger partial charge in [-0.3, -0.25) is 9.59 Å². The molecule has 88 valence electrons. The van der Waals surface area contributed by atoms with Gasteiger partial charge in [-0.1, -0.05) is 13.8 Å². The average Bonchev–Trinajstić information content (AvgIpc) is 2.10. The topological polar surface area (TPSA) is 92.4 Å². The van der Waals surface area contributed by atoms with E-state index in [0.29, 0.717) is 25.3 Å². The highest BCUT2D eigenvalue weighted by Gasteiger charge is 2.13. The van der Waals surface area contributed by atoms with Gasteiger partial charge in [0.2, 0.25) is 5.91 Å². The molecule has 0 saturated heterocycles. The molecule has 5 heteroatoms. The van der Waals surface area contributed by atoms with E-state index >= 15 is 0 Å². The van der Waals surface area contributed by atoms with Gasteiger partial charge in [0, 0.05) is 13.0 Å². The molecule has 0 aliphatic rings. The van der Waals surface area contributed by atoms with Crippen LogP contribution < -0.4 is 11.1 Å². The lowest BCUT2D eigenvalue weighted by Crippen LogP contribution is -2.41. The number of amides is 1. The minimum absolute atomic E-state index is 0.0691. The fraction of sp³-hybridized carbons (Fsp3) is 0.800. The predicted molar refractivity (Wildman–Crippen MR) is 57.3 cm³/mol. The van der Waals surface area contributed by atoms with E-state index in [-0.39, 0.29) is 12.3 Å². The highest BCUT2D eigenvalue weighted by Crippen LogP contribution is 2.02. The second kappa shape index (κ2) is 7.23. The van der Waals surface area contributed by atoms with Crippen LogP contribution in [0.25, 0.3) is 0 Å². The van der Waals surface area contributed by atoms with Crippen LogP contribution in [0, 0.1) is 5.92 Å². The smallest absolute Gasteiger partial charge is 0.303 e. The first-order chi connectivity index (χ1) is 6.93. The van der Waals surface area contributed by atoms with E-state index in [2.05, 4.69) is 5.32 Å². The van der Waals surface area contributed by atoms with Crippen LogP contribution in [0.2, 0.25) is 0 Å². The molecular weight excluding hydrogens is 196 g/mol. The van der Waals surface area contributed by atoms with E-state index in [1.165, 1.54) is 0 Å². The van der Waals surface area contributed by atoms with Gasteiger partial charge >= 0.3 is 5.97 Å². The molecule has 15 heavy (non-hydrogen) atoms. The second-order valence-corrected chi connectivity index (χ2v) is 4.02. The van der Waals surface area contributed by atoms with E-state index in [0.717, 1.165) is 0 Å². The van der Waals surface area contributed by atoms with E-state index in [1.54, 1.807) is 0 Å². The summed E-state index contributed by atoms with van der Waals surface area (Å²) in [6.45, 7) is 4.37. The fourth-order valence-electron chi connectivity index (χ4n) is 1.20. The fourth-order valence-corrected chi connectivity index (χ4v) is 1.20. The van der Waals surface area contributed by atoms with Crippen LogP contribution in [-0.4, -0.2) is 29.6 Å². The molecule has 0 aliphatic heterocycles. The molecule has 0 aromatic heterocycles. The van der Waals surface area contributed by atoms with Crippen LogP contribution in [0.3, 0.4) is 0 Å². The minimum atomic E-state index is -0.851. The maximum absolute atomic E-state index is 11.3. The van der Waals surface area contributed by atoms with Crippen molar-refractivity contribution < 1.29 is 14.7 Å². The summed E-state index contributed by atoms with van der Waals surface area (Å²) >= 11 is 0. The molecule has 1 atom stereocenters. The van der Waals surface area contributed by atoms with Crippen molar-refractivity contribution in [2.45, 2.75) is 39.2 Å². The Morgan fingerprint density at radius 2 is 2.00 bits per heavy atom. The van der Waals surface area contributed by atoms with Crippen molar-refractivity contribution >= 4 is 11.9 Å². The third-order valence-electron chi connectivity index (χ3n) is 1.93. The van der Waals surface area contributed by atoms with Crippen LogP contribution in [0.4, 0.5) is 0 Å². The summed E-state index contributed by atoms with van der Waals surface area (Å²) in [6.07, 6.45) is 1.15. The lowest BCUT2D eigenvalue weighted by Gasteiger charge is -2.13. The van der Waals surface area contributed by atoms with Crippen molar-refractivity contribution in [3.8, 4) is 0 Å². The molecule has 0 aromatic carbocycles. The Hall–Kier alpha value is -1.10. The Kier molecular flexibility index (Phi) is 6.70. The standard InChI is InChI=1S/C10H20N2O3/c1-7(2)6-8(11)10(15)12-5-3-4-9(13)14/h7-8H,3-6,11H2,1-2H3,(H,12,15)(H,13,14)/t8-/m1/s1. The molecule has 0 aliphatic carbocycles. The first-order valence-corrected chi connectivity index (χ1v) is 5.18. The zero-order valence-electron chi connectivity index (χ0n) is 9.32. The van der Waals surface area contributed by atoms with Gasteiger partial charge in [0.15, 0.2) is 0 Å². The summed E-state index contributed by atoms with van der Waals surface area (Å²) in [5.41, 5.74) is 5.63. The summed E-state index contributed by atoms with van der Waals surface area (Å²) < 4.78 is 0. The molecule has 0 rings (SSSR count). The van der Waals surface area contributed by atoms with Gasteiger partial charge in [-0.15, -0.1) is 0 Å². The van der Waals surface area contributed by atoms with Gasteiger partial charge in [0.1, 0.15) is 0 Å². The summed E-state index contributed by atoms with van der Waals surface area (Å²) in [4.78, 5) is 21.5. The molecule has 0 spiro atoms. The number of carbonyl (C=O) groups excluding carboxylic acids is 1. The summed E-state index contributed by atoms with van der Waals surface area (Å²) in [5, 5.41) is 11.0. The van der Waals surface area contributed by atoms with E-state index in [9.17, 15) is 9.59 Å². The molecule has 0 heterocycles. The van der Waals surface area contributed by atoms with Crippen LogP contribution >= 0.6 is 0 Å². The number of aliphatic carboxylic acids is 1. The Bertz CT molecular complexity index is 217. The minimum Gasteiger partial charge on any atom is -0.481 e. The maximum Gasteiger partial charge on any atom is 0.303 e. The lowest BCUT2D eigenvalue weighted by atomic mass is 10.0. The summed E-state index contributed by atoms with van der Waals surface area (Å²) in [7, 11) is 0. The summed E-state index contributed by atoms with van der Waals surface area (Å²) in [5.74, 6) is -0.672. The van der Waals surface area contributed by atoms with Crippen LogP contribution in [0.5, 0.6) is 0 Å². The van der Waals surface area contributed by atoms with Gasteiger partial charge in [-0.05, 0) is 18.8 Å². The Labute approximate surface area is 90.0 Å². The highest BCUT2D eigenvalue weighted by molar-refractivity contribution is 5.81. The summed E-state index contributed by atoms with van der Waals surface area (Å²) in [6, 6.07) is -0.491. The normalized spacial score (nSPS) is 12.5. The Balaban J connectivity index is 3.60. The molecule has 0 unspecified atom stereocenters. The Morgan fingerprint density at radius 1 is 1.40 bits per heavy atom. The van der Waals surface area contributed by atoms with Crippen molar-refractivity contribution in [2.24, 2.45) is 11.7 Å². The SMILES string of the molecule is CC(C)C[C@@H](N)C(=O)NCCCC(=O)O. The number of rotatable bonds is 7. The molecule has 0 radical (unpaired) electrons. The van der Waals surface area contributed by atoms with Crippen molar-refractivity contribution in [3.05, 3.63) is 0 Å². The van der Waals surface area contributed by atoms with Crippen molar-refractivity contribution in [1.29, 1.82) is 0 Å². The van der Waals surface area contributed by atoms with Gasteiger partial charge in [-0.2, -0.15) is 0 Å². The van der Waals surface area contributed by atoms with E-state index in [1.807, 2.05) is 13.8 Å². The highest BCUT2D eigenvalue weighted by atomic mass is 16.4. The lowest BCUT2D eigenvalue weighted by molar-refractivity contribution is -0.137. The van der Waals surface area contributed by atoms with E-state index < -0.39 is 12.0 Å². The quantitative estimate of drug-likeness (QED) is 0.535. The number of carboxylic acid groups (broad SMARTS) is 1.